The highest BCUT2D eigenvalue weighted by atomic mass is 35.5. The second-order valence-electron chi connectivity index (χ2n) is 4.36. The van der Waals surface area contributed by atoms with Gasteiger partial charge >= 0.3 is 0 Å². The second-order valence-corrected chi connectivity index (χ2v) is 4.77. The molecule has 0 atom stereocenters. The number of rotatable bonds is 4. The standard InChI is InChI=1S/C15H14ClFN2O/c1-10-6-7-14(12(17)8-10)19-15(20)9-18-13-5-3-2-4-11(13)16/h2-8,18H,9H2,1H3,(H,19,20). The molecule has 0 fully saturated rings. The van der Waals surface area contributed by atoms with Crippen molar-refractivity contribution in [2.45, 2.75) is 6.92 Å². The molecule has 104 valence electrons. The van der Waals surface area contributed by atoms with Crippen LogP contribution in [0.3, 0.4) is 0 Å². The largest absolute Gasteiger partial charge is 0.375 e. The molecule has 1 amide bonds. The van der Waals surface area contributed by atoms with Gasteiger partial charge in [-0.3, -0.25) is 4.79 Å². The van der Waals surface area contributed by atoms with Gasteiger partial charge in [0.1, 0.15) is 5.82 Å². The summed E-state index contributed by atoms with van der Waals surface area (Å²) in [5, 5.41) is 5.93. The van der Waals surface area contributed by atoms with Crippen LogP contribution in [0.4, 0.5) is 15.8 Å². The van der Waals surface area contributed by atoms with E-state index in [0.717, 1.165) is 5.56 Å². The third kappa shape index (κ3) is 3.71. The van der Waals surface area contributed by atoms with Gasteiger partial charge in [0.25, 0.3) is 0 Å². The molecule has 20 heavy (non-hydrogen) atoms. The van der Waals surface area contributed by atoms with Crippen molar-refractivity contribution in [1.82, 2.24) is 0 Å². The maximum Gasteiger partial charge on any atom is 0.243 e. The molecule has 2 rings (SSSR count). The number of carbonyl (C=O) groups excluding carboxylic acids is 1. The van der Waals surface area contributed by atoms with Crippen LogP contribution in [0.15, 0.2) is 42.5 Å². The molecule has 0 spiro atoms. The van der Waals surface area contributed by atoms with E-state index in [1.165, 1.54) is 12.1 Å². The lowest BCUT2D eigenvalue weighted by Gasteiger charge is -2.09. The third-order valence-electron chi connectivity index (χ3n) is 2.71. The number of hydrogen-bond donors (Lipinski definition) is 2. The molecule has 2 N–H and O–H groups in total. The number of nitrogens with one attached hydrogen (secondary N) is 2. The lowest BCUT2D eigenvalue weighted by atomic mass is 10.2. The summed E-state index contributed by atoms with van der Waals surface area (Å²) >= 11 is 5.96. The maximum atomic E-state index is 13.6. The van der Waals surface area contributed by atoms with Crippen LogP contribution in [0.1, 0.15) is 5.56 Å². The van der Waals surface area contributed by atoms with Crippen LogP contribution in [0.25, 0.3) is 0 Å². The molecule has 0 saturated carbocycles. The fourth-order valence-electron chi connectivity index (χ4n) is 1.70. The van der Waals surface area contributed by atoms with Crippen molar-refractivity contribution < 1.29 is 9.18 Å². The number of aryl methyl sites for hydroxylation is 1. The summed E-state index contributed by atoms with van der Waals surface area (Å²) in [4.78, 5) is 11.8. The van der Waals surface area contributed by atoms with Crippen molar-refractivity contribution in [2.24, 2.45) is 0 Å². The maximum absolute atomic E-state index is 13.6. The fourth-order valence-corrected chi connectivity index (χ4v) is 1.90. The third-order valence-corrected chi connectivity index (χ3v) is 3.04. The van der Waals surface area contributed by atoms with Crippen molar-refractivity contribution in [3.05, 3.63) is 58.9 Å². The van der Waals surface area contributed by atoms with E-state index in [1.54, 1.807) is 31.2 Å². The van der Waals surface area contributed by atoms with Gasteiger partial charge in [-0.05, 0) is 36.8 Å². The van der Waals surface area contributed by atoms with E-state index in [4.69, 9.17) is 11.6 Å². The minimum absolute atomic E-state index is 0.0110. The van der Waals surface area contributed by atoms with Gasteiger partial charge in [0, 0.05) is 0 Å². The van der Waals surface area contributed by atoms with Crippen molar-refractivity contribution in [1.29, 1.82) is 0 Å². The van der Waals surface area contributed by atoms with Gasteiger partial charge in [0.05, 0.1) is 22.9 Å². The number of hydrogen-bond acceptors (Lipinski definition) is 2. The Balaban J connectivity index is 1.94. The Morgan fingerprint density at radius 1 is 1.20 bits per heavy atom. The zero-order valence-corrected chi connectivity index (χ0v) is 11.7. The average molecular weight is 293 g/mol. The number of amides is 1. The number of halogens is 2. The Hall–Kier alpha value is -2.07. The molecule has 0 aliphatic rings. The van der Waals surface area contributed by atoms with Gasteiger partial charge in [-0.1, -0.05) is 29.8 Å². The Morgan fingerprint density at radius 2 is 1.95 bits per heavy atom. The number of anilines is 2. The highest BCUT2D eigenvalue weighted by Crippen LogP contribution is 2.20. The summed E-state index contributed by atoms with van der Waals surface area (Å²) in [7, 11) is 0. The second kappa shape index (κ2) is 6.39. The number of benzene rings is 2. The molecule has 0 unspecified atom stereocenters. The van der Waals surface area contributed by atoms with Crippen molar-refractivity contribution >= 4 is 28.9 Å². The molecule has 0 bridgehead atoms. The molecule has 5 heteroatoms. The van der Waals surface area contributed by atoms with E-state index in [9.17, 15) is 9.18 Å². The molecular formula is C15H14ClFN2O. The summed E-state index contributed by atoms with van der Waals surface area (Å²) < 4.78 is 13.6. The van der Waals surface area contributed by atoms with E-state index in [-0.39, 0.29) is 18.1 Å². The van der Waals surface area contributed by atoms with Gasteiger partial charge in [-0.15, -0.1) is 0 Å². The Bertz CT molecular complexity index is 631. The Morgan fingerprint density at radius 3 is 2.65 bits per heavy atom. The molecule has 3 nitrogen and oxygen atoms in total. The summed E-state index contributed by atoms with van der Waals surface area (Å²) in [5.41, 5.74) is 1.63. The van der Waals surface area contributed by atoms with Gasteiger partial charge in [-0.2, -0.15) is 0 Å². The highest BCUT2D eigenvalue weighted by molar-refractivity contribution is 6.33. The van der Waals surface area contributed by atoms with Crippen molar-refractivity contribution in [3.8, 4) is 0 Å². The predicted octanol–water partition coefficient (Wildman–Crippen LogP) is 3.84. The van der Waals surface area contributed by atoms with Crippen molar-refractivity contribution in [2.75, 3.05) is 17.2 Å². The summed E-state index contributed by atoms with van der Waals surface area (Å²) in [6.07, 6.45) is 0. The molecule has 2 aromatic carbocycles. The molecule has 0 saturated heterocycles. The molecule has 0 aliphatic heterocycles. The summed E-state index contributed by atoms with van der Waals surface area (Å²) in [6.45, 7) is 1.80. The van der Waals surface area contributed by atoms with Crippen LogP contribution in [-0.4, -0.2) is 12.5 Å². The van der Waals surface area contributed by atoms with Crippen LogP contribution in [0.2, 0.25) is 5.02 Å². The van der Waals surface area contributed by atoms with Gasteiger partial charge < -0.3 is 10.6 Å². The monoisotopic (exact) mass is 292 g/mol. The summed E-state index contributed by atoms with van der Waals surface area (Å²) in [5.74, 6) is -0.788. The topological polar surface area (TPSA) is 41.1 Å². The smallest absolute Gasteiger partial charge is 0.243 e. The van der Waals surface area contributed by atoms with E-state index in [1.807, 2.05) is 6.07 Å². The quantitative estimate of drug-likeness (QED) is 0.899. The first-order valence-electron chi connectivity index (χ1n) is 6.10. The fraction of sp³-hybridized carbons (Fsp3) is 0.133. The first-order valence-corrected chi connectivity index (χ1v) is 6.48. The van der Waals surface area contributed by atoms with E-state index in [2.05, 4.69) is 10.6 Å². The zero-order valence-electron chi connectivity index (χ0n) is 10.9. The first kappa shape index (κ1) is 14.3. The van der Waals surface area contributed by atoms with Gasteiger partial charge in [0.2, 0.25) is 5.91 Å². The SMILES string of the molecule is Cc1ccc(NC(=O)CNc2ccccc2Cl)c(F)c1. The summed E-state index contributed by atoms with van der Waals surface area (Å²) in [6, 6.07) is 11.7. The zero-order chi connectivity index (χ0) is 14.5. The molecular weight excluding hydrogens is 279 g/mol. The lowest BCUT2D eigenvalue weighted by Crippen LogP contribution is -2.22. The minimum Gasteiger partial charge on any atom is -0.375 e. The van der Waals surface area contributed by atoms with E-state index >= 15 is 0 Å². The highest BCUT2D eigenvalue weighted by Gasteiger charge is 2.07. The molecule has 0 radical (unpaired) electrons. The number of para-hydroxylation sites is 1. The van der Waals surface area contributed by atoms with Crippen LogP contribution in [-0.2, 0) is 4.79 Å². The molecule has 0 heterocycles. The predicted molar refractivity (Wildman–Crippen MR) is 79.7 cm³/mol. The van der Waals surface area contributed by atoms with E-state index in [0.29, 0.717) is 10.7 Å². The first-order chi connectivity index (χ1) is 9.56. The Labute approximate surface area is 121 Å². The van der Waals surface area contributed by atoms with Crippen LogP contribution in [0.5, 0.6) is 0 Å². The van der Waals surface area contributed by atoms with Crippen LogP contribution in [0, 0.1) is 12.7 Å². The average Bonchev–Trinajstić information content (AvgIpc) is 2.41. The lowest BCUT2D eigenvalue weighted by molar-refractivity contribution is -0.114. The molecule has 0 aromatic heterocycles. The minimum atomic E-state index is -0.448. The normalized spacial score (nSPS) is 10.2. The Kier molecular flexibility index (Phi) is 4.58. The van der Waals surface area contributed by atoms with Crippen LogP contribution < -0.4 is 10.6 Å². The van der Waals surface area contributed by atoms with Gasteiger partial charge in [-0.25, -0.2) is 4.39 Å². The molecule has 0 aliphatic carbocycles. The molecule has 2 aromatic rings. The van der Waals surface area contributed by atoms with Crippen molar-refractivity contribution in [3.63, 3.8) is 0 Å². The van der Waals surface area contributed by atoms with Crippen LogP contribution >= 0.6 is 11.6 Å². The number of carbonyl (C=O) groups is 1. The van der Waals surface area contributed by atoms with Gasteiger partial charge in [0.15, 0.2) is 0 Å². The van der Waals surface area contributed by atoms with E-state index < -0.39 is 5.82 Å².